The van der Waals surface area contributed by atoms with Crippen LogP contribution in [0.25, 0.3) is 0 Å². The molecule has 1 aliphatic carbocycles. The van der Waals surface area contributed by atoms with Gasteiger partial charge in [0.05, 0.1) is 0 Å². The molecular weight excluding hydrogens is 164 g/mol. The van der Waals surface area contributed by atoms with Crippen molar-refractivity contribution in [3.63, 3.8) is 0 Å². The Morgan fingerprint density at radius 1 is 1.54 bits per heavy atom. The highest BCUT2D eigenvalue weighted by Gasteiger charge is 2.42. The van der Waals surface area contributed by atoms with Gasteiger partial charge in [-0.2, -0.15) is 5.10 Å². The Balaban J connectivity index is 2.01. The summed E-state index contributed by atoms with van der Waals surface area (Å²) in [6.07, 6.45) is 4.34. The highest BCUT2D eigenvalue weighted by atomic mass is 15.2. The van der Waals surface area contributed by atoms with Crippen molar-refractivity contribution in [2.45, 2.75) is 38.0 Å². The topological polar surface area (TPSA) is 67.6 Å². The second kappa shape index (κ2) is 3.10. The molecule has 0 saturated heterocycles. The van der Waals surface area contributed by atoms with Crippen molar-refractivity contribution in [2.75, 3.05) is 6.54 Å². The van der Waals surface area contributed by atoms with Crippen molar-refractivity contribution in [1.29, 1.82) is 0 Å². The van der Waals surface area contributed by atoms with Crippen LogP contribution in [-0.2, 0) is 11.8 Å². The van der Waals surface area contributed by atoms with E-state index < -0.39 is 0 Å². The summed E-state index contributed by atoms with van der Waals surface area (Å²) < 4.78 is 0. The van der Waals surface area contributed by atoms with Crippen molar-refractivity contribution in [3.8, 4) is 0 Å². The minimum absolute atomic E-state index is 0.275. The van der Waals surface area contributed by atoms with Crippen LogP contribution in [0.15, 0.2) is 0 Å². The lowest BCUT2D eigenvalue weighted by molar-refractivity contribution is 0.712. The van der Waals surface area contributed by atoms with E-state index in [0.717, 1.165) is 24.5 Å². The number of aryl methyl sites for hydroxylation is 1. The number of rotatable bonds is 4. The Morgan fingerprint density at radius 3 is 2.92 bits per heavy atom. The molecule has 0 radical (unpaired) electrons. The molecule has 0 atom stereocenters. The second-order valence-electron chi connectivity index (χ2n) is 4.06. The number of nitrogens with zero attached hydrogens (tertiary/aromatic N) is 2. The van der Waals surface area contributed by atoms with Crippen molar-refractivity contribution < 1.29 is 0 Å². The smallest absolute Gasteiger partial charge is 0.156 e. The van der Waals surface area contributed by atoms with Crippen LogP contribution < -0.4 is 5.73 Å². The first kappa shape index (κ1) is 8.69. The van der Waals surface area contributed by atoms with E-state index in [0.29, 0.717) is 6.54 Å². The SMILES string of the molecule is CC1(c2n[nH]c(CCCN)n2)CC1. The van der Waals surface area contributed by atoms with Gasteiger partial charge in [-0.1, -0.05) is 6.92 Å². The largest absolute Gasteiger partial charge is 0.330 e. The summed E-state index contributed by atoms with van der Waals surface area (Å²) in [4.78, 5) is 4.46. The number of hydrogen-bond donors (Lipinski definition) is 2. The fraction of sp³-hybridized carbons (Fsp3) is 0.778. The zero-order valence-electron chi connectivity index (χ0n) is 8.01. The number of hydrogen-bond acceptors (Lipinski definition) is 3. The molecule has 4 nitrogen and oxygen atoms in total. The average Bonchev–Trinajstić information content (AvgIpc) is 2.69. The second-order valence-corrected chi connectivity index (χ2v) is 4.06. The minimum atomic E-state index is 0.275. The third-order valence-corrected chi connectivity index (χ3v) is 2.69. The first-order valence-corrected chi connectivity index (χ1v) is 4.86. The van der Waals surface area contributed by atoms with Gasteiger partial charge in [-0.25, -0.2) is 4.98 Å². The zero-order chi connectivity index (χ0) is 9.31. The van der Waals surface area contributed by atoms with Gasteiger partial charge in [-0.3, -0.25) is 5.10 Å². The lowest BCUT2D eigenvalue weighted by Crippen LogP contribution is -2.03. The summed E-state index contributed by atoms with van der Waals surface area (Å²) in [5, 5.41) is 7.20. The molecule has 2 rings (SSSR count). The molecule has 1 aliphatic rings. The lowest BCUT2D eigenvalue weighted by atomic mass is 10.1. The maximum atomic E-state index is 5.42. The van der Waals surface area contributed by atoms with Crippen molar-refractivity contribution in [3.05, 3.63) is 11.6 Å². The summed E-state index contributed by atoms with van der Waals surface area (Å²) in [5.74, 6) is 1.97. The molecule has 1 aromatic heterocycles. The van der Waals surface area contributed by atoms with Crippen LogP contribution in [0.3, 0.4) is 0 Å². The van der Waals surface area contributed by atoms with Gasteiger partial charge in [0, 0.05) is 11.8 Å². The van der Waals surface area contributed by atoms with E-state index in [2.05, 4.69) is 22.1 Å². The fourth-order valence-corrected chi connectivity index (χ4v) is 1.36. The van der Waals surface area contributed by atoms with Gasteiger partial charge in [0.1, 0.15) is 5.82 Å². The molecule has 3 N–H and O–H groups in total. The average molecular weight is 180 g/mol. The summed E-state index contributed by atoms with van der Waals surface area (Å²) in [6, 6.07) is 0. The van der Waals surface area contributed by atoms with E-state index in [1.165, 1.54) is 12.8 Å². The van der Waals surface area contributed by atoms with Gasteiger partial charge in [0.2, 0.25) is 0 Å². The summed E-state index contributed by atoms with van der Waals surface area (Å²) in [6.45, 7) is 2.93. The number of aromatic nitrogens is 3. The van der Waals surface area contributed by atoms with Crippen LogP contribution in [0, 0.1) is 0 Å². The molecule has 0 unspecified atom stereocenters. The highest BCUT2D eigenvalue weighted by Crippen LogP contribution is 2.45. The quantitative estimate of drug-likeness (QED) is 0.718. The summed E-state index contributed by atoms with van der Waals surface area (Å²) in [7, 11) is 0. The molecule has 0 aliphatic heterocycles. The van der Waals surface area contributed by atoms with Crippen molar-refractivity contribution >= 4 is 0 Å². The van der Waals surface area contributed by atoms with Gasteiger partial charge < -0.3 is 5.73 Å². The van der Waals surface area contributed by atoms with Crippen LogP contribution in [0.1, 0.15) is 37.8 Å². The predicted molar refractivity (Wildman–Crippen MR) is 50.3 cm³/mol. The third-order valence-electron chi connectivity index (χ3n) is 2.69. The van der Waals surface area contributed by atoms with E-state index >= 15 is 0 Å². The summed E-state index contributed by atoms with van der Waals surface area (Å²) in [5.41, 5.74) is 5.69. The van der Waals surface area contributed by atoms with E-state index in [1.54, 1.807) is 0 Å². The first-order valence-electron chi connectivity index (χ1n) is 4.86. The van der Waals surface area contributed by atoms with E-state index in [1.807, 2.05) is 0 Å². The summed E-state index contributed by atoms with van der Waals surface area (Å²) >= 11 is 0. The Hall–Kier alpha value is -0.900. The Bertz CT molecular complexity index is 288. The van der Waals surface area contributed by atoms with Crippen LogP contribution >= 0.6 is 0 Å². The molecule has 1 saturated carbocycles. The monoisotopic (exact) mass is 180 g/mol. The molecule has 1 aromatic rings. The molecule has 1 heterocycles. The molecule has 0 spiro atoms. The normalized spacial score (nSPS) is 18.9. The Labute approximate surface area is 77.9 Å². The molecule has 0 aromatic carbocycles. The molecule has 13 heavy (non-hydrogen) atoms. The van der Waals surface area contributed by atoms with Gasteiger partial charge >= 0.3 is 0 Å². The maximum Gasteiger partial charge on any atom is 0.156 e. The van der Waals surface area contributed by atoms with Gasteiger partial charge in [0.15, 0.2) is 5.82 Å². The molecule has 0 bridgehead atoms. The number of nitrogens with one attached hydrogen (secondary N) is 1. The molecule has 1 fully saturated rings. The minimum Gasteiger partial charge on any atom is -0.330 e. The van der Waals surface area contributed by atoms with Gasteiger partial charge in [-0.15, -0.1) is 0 Å². The Morgan fingerprint density at radius 2 is 2.31 bits per heavy atom. The molecule has 4 heteroatoms. The van der Waals surface area contributed by atoms with E-state index in [-0.39, 0.29) is 5.41 Å². The molecule has 0 amide bonds. The van der Waals surface area contributed by atoms with E-state index in [4.69, 9.17) is 5.73 Å². The predicted octanol–water partition coefficient (Wildman–Crippen LogP) is 0.747. The van der Waals surface area contributed by atoms with Crippen LogP contribution in [0.5, 0.6) is 0 Å². The standard InChI is InChI=1S/C9H16N4/c1-9(4-5-9)8-11-7(12-13-8)3-2-6-10/h2-6,10H2,1H3,(H,11,12,13). The van der Waals surface area contributed by atoms with E-state index in [9.17, 15) is 0 Å². The van der Waals surface area contributed by atoms with Crippen LogP contribution in [-0.4, -0.2) is 21.7 Å². The number of nitrogens with two attached hydrogens (primary N) is 1. The van der Waals surface area contributed by atoms with Crippen molar-refractivity contribution in [1.82, 2.24) is 15.2 Å². The van der Waals surface area contributed by atoms with Gasteiger partial charge in [0.25, 0.3) is 0 Å². The first-order chi connectivity index (χ1) is 6.24. The fourth-order valence-electron chi connectivity index (χ4n) is 1.36. The number of H-pyrrole nitrogens is 1. The van der Waals surface area contributed by atoms with Crippen LogP contribution in [0.4, 0.5) is 0 Å². The zero-order valence-corrected chi connectivity index (χ0v) is 8.01. The Kier molecular flexibility index (Phi) is 2.07. The van der Waals surface area contributed by atoms with Crippen molar-refractivity contribution in [2.24, 2.45) is 5.73 Å². The third kappa shape index (κ3) is 1.72. The maximum absolute atomic E-state index is 5.42. The van der Waals surface area contributed by atoms with Crippen LogP contribution in [0.2, 0.25) is 0 Å². The number of aromatic amines is 1. The molecule has 72 valence electrons. The highest BCUT2D eigenvalue weighted by molar-refractivity contribution is 5.15. The lowest BCUT2D eigenvalue weighted by Gasteiger charge is -1.98. The molecular formula is C9H16N4. The van der Waals surface area contributed by atoms with Gasteiger partial charge in [-0.05, 0) is 25.8 Å².